The summed E-state index contributed by atoms with van der Waals surface area (Å²) in [7, 11) is 6.74. The van der Waals surface area contributed by atoms with Crippen LogP contribution in [0.5, 0.6) is 0 Å². The van der Waals surface area contributed by atoms with Gasteiger partial charge in [-0.15, -0.1) is 22.7 Å². The van der Waals surface area contributed by atoms with Gasteiger partial charge in [0.2, 0.25) is 0 Å². The number of fused-ring (bicyclic) bond motifs is 2. The topological polar surface area (TPSA) is 87.4 Å². The highest BCUT2D eigenvalue weighted by molar-refractivity contribution is 7.17. The molecule has 154 valence electrons. The van der Waals surface area contributed by atoms with Crippen molar-refractivity contribution in [1.29, 1.82) is 0 Å². The summed E-state index contributed by atoms with van der Waals surface area (Å²) in [4.78, 5) is 31.0. The second-order valence-electron chi connectivity index (χ2n) is 6.65. The fourth-order valence-corrected chi connectivity index (χ4v) is 4.81. The van der Waals surface area contributed by atoms with Gasteiger partial charge in [0, 0.05) is 12.1 Å². The predicted octanol–water partition coefficient (Wildman–Crippen LogP) is 4.40. The number of carbonyl (C=O) groups excluding carboxylic acids is 2. The number of rotatable bonds is 4. The molecule has 4 heterocycles. The van der Waals surface area contributed by atoms with Crippen molar-refractivity contribution in [2.24, 2.45) is 0 Å². The van der Waals surface area contributed by atoms with Crippen LogP contribution >= 0.6 is 22.7 Å². The molecule has 9 heteroatoms. The van der Waals surface area contributed by atoms with E-state index in [4.69, 9.17) is 4.74 Å². The van der Waals surface area contributed by atoms with E-state index in [1.807, 2.05) is 48.8 Å². The van der Waals surface area contributed by atoms with Crippen LogP contribution in [-0.4, -0.2) is 55.1 Å². The van der Waals surface area contributed by atoms with Gasteiger partial charge in [-0.25, -0.2) is 9.59 Å². The van der Waals surface area contributed by atoms with Gasteiger partial charge < -0.3 is 24.3 Å². The molecule has 0 bridgehead atoms. The van der Waals surface area contributed by atoms with Gasteiger partial charge in [-0.3, -0.25) is 0 Å². The van der Waals surface area contributed by atoms with Crippen molar-refractivity contribution < 1.29 is 19.1 Å². The van der Waals surface area contributed by atoms with Crippen LogP contribution in [0.15, 0.2) is 22.9 Å². The number of nitrogens with zero attached hydrogens (tertiary/aromatic N) is 1. The largest absolute Gasteiger partial charge is 0.464 e. The number of aromatic amines is 2. The van der Waals surface area contributed by atoms with Crippen LogP contribution in [0.3, 0.4) is 0 Å². The van der Waals surface area contributed by atoms with E-state index >= 15 is 0 Å². The number of H-pyrrole nitrogens is 2. The lowest BCUT2D eigenvalue weighted by atomic mass is 10.2. The predicted molar refractivity (Wildman–Crippen MR) is 117 cm³/mol. The molecule has 0 aliphatic heterocycles. The number of carbonyl (C=O) groups is 2. The zero-order valence-electron chi connectivity index (χ0n) is 16.9. The van der Waals surface area contributed by atoms with Gasteiger partial charge in [-0.1, -0.05) is 0 Å². The summed E-state index contributed by atoms with van der Waals surface area (Å²) < 4.78 is 11.7. The van der Waals surface area contributed by atoms with Crippen LogP contribution in [0.4, 0.5) is 0 Å². The molecule has 0 saturated heterocycles. The smallest absolute Gasteiger partial charge is 0.354 e. The summed E-state index contributed by atoms with van der Waals surface area (Å²) in [5, 5.41) is 4.01. The third-order valence-corrected chi connectivity index (χ3v) is 6.40. The van der Waals surface area contributed by atoms with Gasteiger partial charge in [-0.05, 0) is 49.5 Å². The molecule has 4 rings (SSSR count). The minimum atomic E-state index is -0.305. The first-order valence-corrected chi connectivity index (χ1v) is 10.6. The van der Waals surface area contributed by atoms with E-state index in [1.54, 1.807) is 22.7 Å². The lowest BCUT2D eigenvalue weighted by Gasteiger charge is -2.09. The maximum Gasteiger partial charge on any atom is 0.354 e. The van der Waals surface area contributed by atoms with E-state index in [2.05, 4.69) is 14.7 Å². The lowest BCUT2D eigenvalue weighted by molar-refractivity contribution is 0.0585. The first kappa shape index (κ1) is 21.1. The molecule has 4 aromatic heterocycles. The summed E-state index contributed by atoms with van der Waals surface area (Å²) in [6.07, 6.45) is 0. The Labute approximate surface area is 176 Å². The van der Waals surface area contributed by atoms with Crippen LogP contribution in [0.2, 0.25) is 0 Å². The molecule has 2 N–H and O–H groups in total. The molecule has 0 saturated carbocycles. The third kappa shape index (κ3) is 4.21. The number of aryl methyl sites for hydroxylation is 1. The number of esters is 2. The van der Waals surface area contributed by atoms with E-state index in [-0.39, 0.29) is 11.9 Å². The van der Waals surface area contributed by atoms with Gasteiger partial charge in [0.05, 0.1) is 34.7 Å². The van der Waals surface area contributed by atoms with E-state index in [0.29, 0.717) is 11.4 Å². The maximum atomic E-state index is 11.6. The highest BCUT2D eigenvalue weighted by atomic mass is 32.1. The first-order chi connectivity index (χ1) is 13.9. The van der Waals surface area contributed by atoms with Crippen LogP contribution < -0.4 is 0 Å². The number of ether oxygens (including phenoxy) is 2. The minimum Gasteiger partial charge on any atom is -0.464 e. The van der Waals surface area contributed by atoms with Crippen LogP contribution in [0.25, 0.3) is 20.4 Å². The monoisotopic (exact) mass is 433 g/mol. The first-order valence-electron chi connectivity index (χ1n) is 8.82. The molecule has 0 aromatic carbocycles. The summed E-state index contributed by atoms with van der Waals surface area (Å²) in [6.45, 7) is 2.65. The Morgan fingerprint density at radius 1 is 0.931 bits per heavy atom. The zero-order valence-corrected chi connectivity index (χ0v) is 18.5. The number of hydrogen-bond acceptors (Lipinski definition) is 7. The van der Waals surface area contributed by atoms with Crippen LogP contribution in [0.1, 0.15) is 32.1 Å². The van der Waals surface area contributed by atoms with E-state index in [1.165, 1.54) is 14.2 Å². The average Bonchev–Trinajstić information content (AvgIpc) is 3.45. The van der Waals surface area contributed by atoms with Gasteiger partial charge in [0.25, 0.3) is 0 Å². The van der Waals surface area contributed by atoms with Gasteiger partial charge in [-0.2, -0.15) is 0 Å². The Morgan fingerprint density at radius 3 is 2.00 bits per heavy atom. The molecule has 0 aliphatic rings. The fraction of sp³-hybridized carbons (Fsp3) is 0.300. The molecule has 7 nitrogen and oxygen atoms in total. The Hall–Kier alpha value is -2.62. The number of methoxy groups -OCH3 is 2. The molecule has 0 radical (unpaired) electrons. The van der Waals surface area contributed by atoms with Gasteiger partial charge >= 0.3 is 11.9 Å². The summed E-state index contributed by atoms with van der Waals surface area (Å²) in [6, 6.07) is 3.94. The summed E-state index contributed by atoms with van der Waals surface area (Å²) in [5.74, 6) is -0.610. The molecular formula is C20H23N3O4S2. The Kier molecular flexibility index (Phi) is 6.41. The molecule has 0 aliphatic carbocycles. The summed E-state index contributed by atoms with van der Waals surface area (Å²) >= 11 is 3.26. The van der Waals surface area contributed by atoms with Crippen molar-refractivity contribution in [2.45, 2.75) is 13.5 Å². The Balaban J connectivity index is 0.000000169. The van der Waals surface area contributed by atoms with E-state index in [9.17, 15) is 9.59 Å². The average molecular weight is 434 g/mol. The van der Waals surface area contributed by atoms with Crippen molar-refractivity contribution in [1.82, 2.24) is 14.9 Å². The van der Waals surface area contributed by atoms with Crippen molar-refractivity contribution in [3.8, 4) is 0 Å². The van der Waals surface area contributed by atoms with Crippen LogP contribution in [-0.2, 0) is 16.0 Å². The Bertz CT molecular complexity index is 1150. The third-order valence-electron chi connectivity index (χ3n) is 4.39. The highest BCUT2D eigenvalue weighted by Crippen LogP contribution is 2.29. The van der Waals surface area contributed by atoms with E-state index in [0.717, 1.165) is 38.1 Å². The molecule has 0 atom stereocenters. The SMILES string of the molecule is COC(=O)c1[nH]c2ccsc2c1C.COC(=O)c1[nH]c2ccsc2c1CN(C)C. The normalized spacial score (nSPS) is 11.0. The molecular weight excluding hydrogens is 410 g/mol. The number of hydrogen-bond donors (Lipinski definition) is 2. The lowest BCUT2D eigenvalue weighted by Crippen LogP contribution is -2.14. The number of aromatic nitrogens is 2. The molecule has 0 spiro atoms. The Morgan fingerprint density at radius 2 is 1.45 bits per heavy atom. The van der Waals surface area contributed by atoms with E-state index < -0.39 is 0 Å². The molecule has 0 amide bonds. The second kappa shape index (κ2) is 8.81. The van der Waals surface area contributed by atoms with Gasteiger partial charge in [0.15, 0.2) is 0 Å². The van der Waals surface area contributed by atoms with Crippen molar-refractivity contribution in [3.05, 3.63) is 45.4 Å². The maximum absolute atomic E-state index is 11.6. The number of nitrogens with one attached hydrogen (secondary N) is 2. The highest BCUT2D eigenvalue weighted by Gasteiger charge is 2.19. The molecule has 0 unspecified atom stereocenters. The zero-order chi connectivity index (χ0) is 21.1. The molecule has 29 heavy (non-hydrogen) atoms. The number of thiophene rings is 2. The van der Waals surface area contributed by atoms with Crippen LogP contribution in [0, 0.1) is 6.92 Å². The van der Waals surface area contributed by atoms with Crippen molar-refractivity contribution in [3.63, 3.8) is 0 Å². The van der Waals surface area contributed by atoms with Crippen molar-refractivity contribution >= 4 is 55.0 Å². The second-order valence-corrected chi connectivity index (χ2v) is 8.48. The van der Waals surface area contributed by atoms with Crippen molar-refractivity contribution in [2.75, 3.05) is 28.3 Å². The molecule has 4 aromatic rings. The fourth-order valence-electron chi connectivity index (χ4n) is 3.05. The quantitative estimate of drug-likeness (QED) is 0.466. The molecule has 0 fully saturated rings. The minimum absolute atomic E-state index is 0.305. The van der Waals surface area contributed by atoms with Gasteiger partial charge in [0.1, 0.15) is 11.4 Å². The summed E-state index contributed by atoms with van der Waals surface area (Å²) in [5.41, 5.74) is 5.12. The standard InChI is InChI=1S/C11H14N2O2S.C9H9NO2S/c1-13(2)6-7-9(11(14)15-3)12-8-4-5-16-10(7)8;1-5-7(9(11)12-2)10-6-3-4-13-8(5)6/h4-5,12H,6H2,1-3H3;3-4,10H,1-2H3.